The highest BCUT2D eigenvalue weighted by Crippen LogP contribution is 2.37. The first-order chi connectivity index (χ1) is 17.8. The summed E-state index contributed by atoms with van der Waals surface area (Å²) < 4.78 is 72.4. The number of nitrogens with zero attached hydrogens (tertiary/aromatic N) is 1. The van der Waals surface area contributed by atoms with E-state index in [9.17, 15) is 31.2 Å². The first-order valence-corrected chi connectivity index (χ1v) is 13.2. The van der Waals surface area contributed by atoms with E-state index in [2.05, 4.69) is 5.32 Å². The normalized spacial score (nSPS) is 16.1. The molecule has 1 heterocycles. The van der Waals surface area contributed by atoms with E-state index in [0.717, 1.165) is 23.8 Å². The number of ether oxygens (including phenoxy) is 1. The molecule has 4 rings (SSSR count). The maximum absolute atomic E-state index is 13.5. The molecule has 1 N–H and O–H groups in total. The molecule has 1 aliphatic heterocycles. The Balaban J connectivity index is 1.50. The van der Waals surface area contributed by atoms with Crippen LogP contribution in [0.25, 0.3) is 0 Å². The number of rotatable bonds is 6. The highest BCUT2D eigenvalue weighted by molar-refractivity contribution is 7.92. The van der Waals surface area contributed by atoms with Gasteiger partial charge in [-0.05, 0) is 68.3 Å². The Morgan fingerprint density at radius 3 is 2.50 bits per heavy atom. The van der Waals surface area contributed by atoms with E-state index < -0.39 is 39.7 Å². The van der Waals surface area contributed by atoms with Crippen LogP contribution in [0.2, 0.25) is 5.02 Å². The third-order valence-electron chi connectivity index (χ3n) is 5.98. The van der Waals surface area contributed by atoms with Gasteiger partial charge in [-0.2, -0.15) is 13.2 Å². The number of anilines is 2. The van der Waals surface area contributed by atoms with Crippen LogP contribution in [-0.4, -0.2) is 32.4 Å². The van der Waals surface area contributed by atoms with Crippen LogP contribution in [0.3, 0.4) is 0 Å². The van der Waals surface area contributed by atoms with Crippen molar-refractivity contribution in [1.29, 1.82) is 0 Å². The van der Waals surface area contributed by atoms with Crippen LogP contribution in [0.4, 0.5) is 24.5 Å². The number of carbonyl (C=O) groups excluding carboxylic acids is 2. The SMILES string of the molecule is C[C@@H](OC(=O)c1cccc(S(=O)(=O)N2c3ccccc3C[C@@H]2C)c1)C(=O)Nc1cc(C(F)(F)F)ccc1Cl. The average Bonchev–Trinajstić information content (AvgIpc) is 3.21. The van der Waals surface area contributed by atoms with Crippen LogP contribution in [0, 0.1) is 0 Å². The number of amides is 1. The zero-order valence-corrected chi connectivity index (χ0v) is 21.7. The Labute approximate surface area is 222 Å². The van der Waals surface area contributed by atoms with Crippen molar-refractivity contribution in [3.8, 4) is 0 Å². The predicted octanol–water partition coefficient (Wildman–Crippen LogP) is 5.68. The summed E-state index contributed by atoms with van der Waals surface area (Å²) in [7, 11) is -4.02. The molecule has 1 aliphatic rings. The van der Waals surface area contributed by atoms with E-state index in [1.807, 2.05) is 12.1 Å². The van der Waals surface area contributed by atoms with Crippen LogP contribution in [0.15, 0.2) is 71.6 Å². The molecule has 1 amide bonds. The molecule has 0 unspecified atom stereocenters. The molecule has 0 fully saturated rings. The summed E-state index contributed by atoms with van der Waals surface area (Å²) in [6.45, 7) is 3.00. The molecule has 0 bridgehead atoms. The largest absolute Gasteiger partial charge is 0.449 e. The van der Waals surface area contributed by atoms with Crippen molar-refractivity contribution in [3.05, 3.63) is 88.4 Å². The maximum Gasteiger partial charge on any atom is 0.416 e. The Bertz CT molecular complexity index is 1510. The third kappa shape index (κ3) is 5.48. The summed E-state index contributed by atoms with van der Waals surface area (Å²) in [5.74, 6) is -1.92. The van der Waals surface area contributed by atoms with Gasteiger partial charge >= 0.3 is 12.1 Å². The Hall–Kier alpha value is -3.57. The minimum absolute atomic E-state index is 0.122. The number of fused-ring (bicyclic) bond motifs is 1. The van der Waals surface area contributed by atoms with Gasteiger partial charge in [0.1, 0.15) is 0 Å². The number of esters is 1. The van der Waals surface area contributed by atoms with Crippen molar-refractivity contribution >= 4 is 44.9 Å². The molecule has 0 aromatic heterocycles. The fourth-order valence-corrected chi connectivity index (χ4v) is 6.02. The molecule has 0 spiro atoms. The van der Waals surface area contributed by atoms with E-state index in [1.165, 1.54) is 29.4 Å². The monoisotopic (exact) mass is 566 g/mol. The second-order valence-corrected chi connectivity index (χ2v) is 11.0. The van der Waals surface area contributed by atoms with E-state index in [1.54, 1.807) is 19.1 Å². The van der Waals surface area contributed by atoms with Crippen molar-refractivity contribution in [2.75, 3.05) is 9.62 Å². The summed E-state index contributed by atoms with van der Waals surface area (Å²) in [5.41, 5.74) is 0.00616. The molecular formula is C26H22ClF3N2O5S. The van der Waals surface area contributed by atoms with E-state index in [4.69, 9.17) is 16.3 Å². The first kappa shape index (κ1) is 27.5. The van der Waals surface area contributed by atoms with Gasteiger partial charge in [0.15, 0.2) is 6.10 Å². The van der Waals surface area contributed by atoms with Crippen LogP contribution >= 0.6 is 11.6 Å². The summed E-state index contributed by atoms with van der Waals surface area (Å²) in [6, 6.07) is 14.4. The van der Waals surface area contributed by atoms with Gasteiger partial charge in [-0.3, -0.25) is 9.10 Å². The van der Waals surface area contributed by atoms with Crippen LogP contribution in [0.1, 0.15) is 35.3 Å². The lowest BCUT2D eigenvalue weighted by Gasteiger charge is -2.24. The minimum atomic E-state index is -4.65. The third-order valence-corrected chi connectivity index (χ3v) is 8.23. The number of sulfonamides is 1. The van der Waals surface area contributed by atoms with Gasteiger partial charge in [0.05, 0.1) is 32.4 Å². The molecule has 38 heavy (non-hydrogen) atoms. The van der Waals surface area contributed by atoms with E-state index >= 15 is 0 Å². The molecule has 3 aromatic carbocycles. The summed E-state index contributed by atoms with van der Waals surface area (Å²) >= 11 is 5.90. The summed E-state index contributed by atoms with van der Waals surface area (Å²) in [5, 5.41) is 2.08. The fourth-order valence-electron chi connectivity index (χ4n) is 4.11. The lowest BCUT2D eigenvalue weighted by atomic mass is 10.1. The van der Waals surface area contributed by atoms with Crippen molar-refractivity contribution in [3.63, 3.8) is 0 Å². The molecule has 0 saturated carbocycles. The van der Waals surface area contributed by atoms with Gasteiger partial charge < -0.3 is 10.1 Å². The number of halogens is 4. The van der Waals surface area contributed by atoms with Gasteiger partial charge in [-0.1, -0.05) is 35.9 Å². The molecule has 2 atom stereocenters. The first-order valence-electron chi connectivity index (χ1n) is 11.4. The molecule has 200 valence electrons. The second kappa shape index (κ2) is 10.3. The Morgan fingerprint density at radius 1 is 1.08 bits per heavy atom. The topological polar surface area (TPSA) is 92.8 Å². The summed E-state index contributed by atoms with van der Waals surface area (Å²) in [6.07, 6.45) is -5.54. The van der Waals surface area contributed by atoms with Crippen molar-refractivity contribution in [2.45, 2.75) is 43.5 Å². The Kier molecular flexibility index (Phi) is 7.44. The second-order valence-electron chi connectivity index (χ2n) is 8.74. The smallest absolute Gasteiger partial charge is 0.416 e. The average molecular weight is 567 g/mol. The van der Waals surface area contributed by atoms with Crippen LogP contribution in [0.5, 0.6) is 0 Å². The van der Waals surface area contributed by atoms with E-state index in [0.29, 0.717) is 18.2 Å². The van der Waals surface area contributed by atoms with Gasteiger partial charge in [0, 0.05) is 6.04 Å². The number of hydrogen-bond acceptors (Lipinski definition) is 5. The quantitative estimate of drug-likeness (QED) is 0.387. The molecule has 0 saturated heterocycles. The lowest BCUT2D eigenvalue weighted by molar-refractivity contribution is -0.137. The predicted molar refractivity (Wildman–Crippen MR) is 136 cm³/mol. The Morgan fingerprint density at radius 2 is 1.79 bits per heavy atom. The van der Waals surface area contributed by atoms with E-state index in [-0.39, 0.29) is 27.2 Å². The van der Waals surface area contributed by atoms with Crippen molar-refractivity contribution in [1.82, 2.24) is 0 Å². The number of nitrogens with one attached hydrogen (secondary N) is 1. The standard InChI is InChI=1S/C26H22ClF3N2O5S/c1-15-12-17-6-3-4-9-23(17)32(15)38(35,36)20-8-5-7-18(13-20)25(34)37-16(2)24(33)31-22-14-19(26(28,29)30)10-11-21(22)27/h3-11,13-16H,12H2,1-2H3,(H,31,33)/t15-,16+/m0/s1. The number of para-hydroxylation sites is 1. The number of carbonyl (C=O) groups is 2. The van der Waals surface area contributed by atoms with Gasteiger partial charge in [-0.15, -0.1) is 0 Å². The highest BCUT2D eigenvalue weighted by Gasteiger charge is 2.36. The fraction of sp³-hybridized carbons (Fsp3) is 0.231. The zero-order chi connectivity index (χ0) is 27.8. The molecule has 0 radical (unpaired) electrons. The van der Waals surface area contributed by atoms with Gasteiger partial charge in [0.25, 0.3) is 15.9 Å². The van der Waals surface area contributed by atoms with Crippen molar-refractivity contribution in [2.24, 2.45) is 0 Å². The lowest BCUT2D eigenvalue weighted by Crippen LogP contribution is -2.35. The highest BCUT2D eigenvalue weighted by atomic mass is 35.5. The van der Waals surface area contributed by atoms with Crippen LogP contribution < -0.4 is 9.62 Å². The number of hydrogen-bond donors (Lipinski definition) is 1. The van der Waals surface area contributed by atoms with Gasteiger partial charge in [-0.25, -0.2) is 13.2 Å². The maximum atomic E-state index is 13.5. The number of benzene rings is 3. The van der Waals surface area contributed by atoms with Gasteiger partial charge in [0.2, 0.25) is 0 Å². The molecule has 0 aliphatic carbocycles. The molecule has 7 nitrogen and oxygen atoms in total. The summed E-state index contributed by atoms with van der Waals surface area (Å²) in [4.78, 5) is 25.1. The minimum Gasteiger partial charge on any atom is -0.449 e. The van der Waals surface area contributed by atoms with Crippen LogP contribution in [-0.2, 0) is 32.2 Å². The van der Waals surface area contributed by atoms with Crippen molar-refractivity contribution < 1.29 is 35.9 Å². The molecule has 12 heteroatoms. The number of alkyl halides is 3. The molecule has 3 aromatic rings. The zero-order valence-electron chi connectivity index (χ0n) is 20.1. The molecular weight excluding hydrogens is 545 g/mol.